The van der Waals surface area contributed by atoms with Crippen molar-refractivity contribution in [2.75, 3.05) is 20.2 Å². The van der Waals surface area contributed by atoms with Crippen molar-refractivity contribution in [1.29, 1.82) is 0 Å². The standard InChI is InChI=1S/C14H19N3O4/c1-15-7-11-4-5-12(17(19)20)13(6-11)21-9-14(18)16-8-10-2-3-10/h4-6,10,15H,2-3,7-9H2,1H3,(H,16,18). The van der Waals surface area contributed by atoms with Crippen LogP contribution in [0.4, 0.5) is 5.69 Å². The Balaban J connectivity index is 1.96. The van der Waals surface area contributed by atoms with Crippen LogP contribution in [0, 0.1) is 16.0 Å². The Kier molecular flexibility index (Phi) is 5.10. The first-order chi connectivity index (χ1) is 10.1. The Bertz CT molecular complexity index is 529. The van der Waals surface area contributed by atoms with Gasteiger partial charge in [0.15, 0.2) is 12.4 Å². The molecule has 0 heterocycles. The molecule has 114 valence electrons. The Hall–Kier alpha value is -2.15. The molecule has 0 atom stereocenters. The summed E-state index contributed by atoms with van der Waals surface area (Å²) in [7, 11) is 1.78. The fourth-order valence-corrected chi connectivity index (χ4v) is 1.91. The van der Waals surface area contributed by atoms with E-state index in [-0.39, 0.29) is 24.0 Å². The van der Waals surface area contributed by atoms with Crippen molar-refractivity contribution in [2.45, 2.75) is 19.4 Å². The predicted octanol–water partition coefficient (Wildman–Crippen LogP) is 1.22. The van der Waals surface area contributed by atoms with Crippen molar-refractivity contribution in [3.8, 4) is 5.75 Å². The zero-order valence-electron chi connectivity index (χ0n) is 11.9. The number of carbonyl (C=O) groups is 1. The summed E-state index contributed by atoms with van der Waals surface area (Å²) in [5, 5.41) is 16.7. The number of nitro benzene ring substituents is 1. The van der Waals surface area contributed by atoms with Gasteiger partial charge in [0.1, 0.15) is 0 Å². The third-order valence-corrected chi connectivity index (χ3v) is 3.25. The van der Waals surface area contributed by atoms with Crippen LogP contribution in [0.1, 0.15) is 18.4 Å². The molecule has 0 unspecified atom stereocenters. The molecule has 2 N–H and O–H groups in total. The summed E-state index contributed by atoms with van der Waals surface area (Å²) < 4.78 is 5.32. The van der Waals surface area contributed by atoms with E-state index < -0.39 is 4.92 Å². The first kappa shape index (κ1) is 15.2. The van der Waals surface area contributed by atoms with E-state index >= 15 is 0 Å². The molecular weight excluding hydrogens is 274 g/mol. The van der Waals surface area contributed by atoms with Crippen LogP contribution in [-0.4, -0.2) is 31.0 Å². The minimum atomic E-state index is -0.513. The zero-order valence-corrected chi connectivity index (χ0v) is 11.9. The molecular formula is C14H19N3O4. The third kappa shape index (κ3) is 4.71. The maximum Gasteiger partial charge on any atom is 0.310 e. The fraction of sp³-hybridized carbons (Fsp3) is 0.500. The van der Waals surface area contributed by atoms with Crippen molar-refractivity contribution < 1.29 is 14.5 Å². The van der Waals surface area contributed by atoms with Crippen molar-refractivity contribution in [2.24, 2.45) is 5.92 Å². The van der Waals surface area contributed by atoms with Crippen molar-refractivity contribution in [3.63, 3.8) is 0 Å². The maximum absolute atomic E-state index is 11.6. The number of nitrogens with one attached hydrogen (secondary N) is 2. The number of ether oxygens (including phenoxy) is 1. The molecule has 1 saturated carbocycles. The number of benzene rings is 1. The van der Waals surface area contributed by atoms with Crippen LogP contribution in [0.15, 0.2) is 18.2 Å². The molecule has 0 saturated heterocycles. The summed E-state index contributed by atoms with van der Waals surface area (Å²) in [6.45, 7) is 1.02. The quantitative estimate of drug-likeness (QED) is 0.555. The van der Waals surface area contributed by atoms with E-state index in [4.69, 9.17) is 4.74 Å². The molecule has 21 heavy (non-hydrogen) atoms. The van der Waals surface area contributed by atoms with Crippen molar-refractivity contribution in [1.82, 2.24) is 10.6 Å². The lowest BCUT2D eigenvalue weighted by molar-refractivity contribution is -0.385. The highest BCUT2D eigenvalue weighted by Crippen LogP contribution is 2.28. The molecule has 7 nitrogen and oxygen atoms in total. The van der Waals surface area contributed by atoms with E-state index in [2.05, 4.69) is 10.6 Å². The van der Waals surface area contributed by atoms with E-state index in [9.17, 15) is 14.9 Å². The first-order valence-electron chi connectivity index (χ1n) is 6.91. The maximum atomic E-state index is 11.6. The summed E-state index contributed by atoms with van der Waals surface area (Å²) in [5.41, 5.74) is 0.723. The normalized spacial score (nSPS) is 13.8. The Morgan fingerprint density at radius 3 is 2.86 bits per heavy atom. The van der Waals surface area contributed by atoms with Crippen LogP contribution in [0.3, 0.4) is 0 Å². The SMILES string of the molecule is CNCc1ccc([N+](=O)[O-])c(OCC(=O)NCC2CC2)c1. The Labute approximate surface area is 122 Å². The van der Waals surface area contributed by atoms with Gasteiger partial charge in [-0.2, -0.15) is 0 Å². The minimum Gasteiger partial charge on any atom is -0.477 e. The largest absolute Gasteiger partial charge is 0.477 e. The summed E-state index contributed by atoms with van der Waals surface area (Å²) >= 11 is 0. The molecule has 0 radical (unpaired) electrons. The van der Waals surface area contributed by atoms with Gasteiger partial charge in [-0.25, -0.2) is 0 Å². The first-order valence-corrected chi connectivity index (χ1v) is 6.91. The molecule has 7 heteroatoms. The number of carbonyl (C=O) groups excluding carboxylic acids is 1. The molecule has 0 aliphatic heterocycles. The van der Waals surface area contributed by atoms with E-state index in [1.54, 1.807) is 19.2 Å². The van der Waals surface area contributed by atoms with E-state index in [1.807, 2.05) is 0 Å². The lowest BCUT2D eigenvalue weighted by Gasteiger charge is -2.09. The molecule has 0 aromatic heterocycles. The second-order valence-electron chi connectivity index (χ2n) is 5.13. The number of rotatable bonds is 8. The monoisotopic (exact) mass is 293 g/mol. The van der Waals surface area contributed by atoms with Gasteiger partial charge in [0.2, 0.25) is 0 Å². The molecule has 0 spiro atoms. The molecule has 1 aromatic carbocycles. The minimum absolute atomic E-state index is 0.120. The summed E-state index contributed by atoms with van der Waals surface area (Å²) in [4.78, 5) is 22.1. The molecule has 1 aromatic rings. The van der Waals surface area contributed by atoms with Gasteiger partial charge in [-0.1, -0.05) is 6.07 Å². The van der Waals surface area contributed by atoms with Crippen LogP contribution in [-0.2, 0) is 11.3 Å². The van der Waals surface area contributed by atoms with Gasteiger partial charge >= 0.3 is 5.69 Å². The summed E-state index contributed by atoms with van der Waals surface area (Å²) in [6.07, 6.45) is 2.30. The zero-order chi connectivity index (χ0) is 15.2. The van der Waals surface area contributed by atoms with Crippen LogP contribution in [0.25, 0.3) is 0 Å². The molecule has 1 amide bonds. The smallest absolute Gasteiger partial charge is 0.310 e. The van der Waals surface area contributed by atoms with Crippen molar-refractivity contribution >= 4 is 11.6 Å². The Morgan fingerprint density at radius 1 is 1.48 bits per heavy atom. The average molecular weight is 293 g/mol. The topological polar surface area (TPSA) is 93.5 Å². The summed E-state index contributed by atoms with van der Waals surface area (Å²) in [6, 6.07) is 4.64. The highest BCUT2D eigenvalue weighted by molar-refractivity contribution is 5.77. The lowest BCUT2D eigenvalue weighted by atomic mass is 10.2. The fourth-order valence-electron chi connectivity index (χ4n) is 1.91. The number of amides is 1. The number of nitro groups is 1. The van der Waals surface area contributed by atoms with E-state index in [1.165, 1.54) is 6.07 Å². The van der Waals surface area contributed by atoms with Crippen LogP contribution in [0.5, 0.6) is 5.75 Å². The number of hydrogen-bond donors (Lipinski definition) is 2. The number of nitrogens with zero attached hydrogens (tertiary/aromatic N) is 1. The van der Waals surface area contributed by atoms with Gasteiger partial charge in [0.05, 0.1) is 4.92 Å². The highest BCUT2D eigenvalue weighted by Gasteiger charge is 2.22. The van der Waals surface area contributed by atoms with Gasteiger partial charge in [-0.3, -0.25) is 14.9 Å². The average Bonchev–Trinajstić information content (AvgIpc) is 3.27. The predicted molar refractivity (Wildman–Crippen MR) is 77.1 cm³/mol. The second-order valence-corrected chi connectivity index (χ2v) is 5.13. The van der Waals surface area contributed by atoms with E-state index in [0.29, 0.717) is 19.0 Å². The van der Waals surface area contributed by atoms with Gasteiger partial charge in [0.25, 0.3) is 5.91 Å². The van der Waals surface area contributed by atoms with E-state index in [0.717, 1.165) is 18.4 Å². The Morgan fingerprint density at radius 2 is 2.24 bits per heavy atom. The molecule has 1 fully saturated rings. The third-order valence-electron chi connectivity index (χ3n) is 3.25. The van der Waals surface area contributed by atoms with Crippen LogP contribution >= 0.6 is 0 Å². The molecule has 1 aliphatic carbocycles. The molecule has 0 bridgehead atoms. The second kappa shape index (κ2) is 7.03. The number of hydrogen-bond acceptors (Lipinski definition) is 5. The van der Waals surface area contributed by atoms with Gasteiger partial charge in [0, 0.05) is 19.2 Å². The highest BCUT2D eigenvalue weighted by atomic mass is 16.6. The van der Waals surface area contributed by atoms with Gasteiger partial charge in [-0.15, -0.1) is 0 Å². The summed E-state index contributed by atoms with van der Waals surface area (Å²) in [5.74, 6) is 0.451. The molecule has 1 aliphatic rings. The molecule has 2 rings (SSSR count). The lowest BCUT2D eigenvalue weighted by Crippen LogP contribution is -2.30. The van der Waals surface area contributed by atoms with Crippen LogP contribution < -0.4 is 15.4 Å². The van der Waals surface area contributed by atoms with Gasteiger partial charge < -0.3 is 15.4 Å². The van der Waals surface area contributed by atoms with Crippen LogP contribution in [0.2, 0.25) is 0 Å². The van der Waals surface area contributed by atoms with Gasteiger partial charge in [-0.05, 0) is 37.4 Å². The van der Waals surface area contributed by atoms with Crippen molar-refractivity contribution in [3.05, 3.63) is 33.9 Å².